The molecule has 3 heteroatoms. The van der Waals surface area contributed by atoms with Crippen molar-refractivity contribution >= 4 is 15.9 Å². The summed E-state index contributed by atoms with van der Waals surface area (Å²) in [7, 11) is 0. The van der Waals surface area contributed by atoms with E-state index in [1.54, 1.807) is 0 Å². The number of halogens is 1. The molecule has 0 radical (unpaired) electrons. The maximum atomic E-state index is 8.33. The number of rotatable bonds is 5. The molecule has 1 N–H and O–H groups in total. The molecule has 0 bridgehead atoms. The Balaban J connectivity index is 3.48. The van der Waals surface area contributed by atoms with E-state index in [1.165, 1.54) is 12.8 Å². The first-order valence-corrected chi connectivity index (χ1v) is 4.92. The van der Waals surface area contributed by atoms with E-state index in [0.717, 1.165) is 6.42 Å². The van der Waals surface area contributed by atoms with Crippen LogP contribution in [-0.2, 0) is 0 Å². The molecule has 0 aromatic heterocycles. The average Bonchev–Trinajstić information content (AvgIpc) is 2.00. The van der Waals surface area contributed by atoms with Crippen LogP contribution in [0.2, 0.25) is 0 Å². The molecule has 0 amide bonds. The zero-order valence-electron chi connectivity index (χ0n) is 7.10. The van der Waals surface area contributed by atoms with Crippen LogP contribution in [0.4, 0.5) is 0 Å². The minimum atomic E-state index is 0.242. The van der Waals surface area contributed by atoms with E-state index >= 15 is 0 Å². The highest BCUT2D eigenvalue weighted by Crippen LogP contribution is 2.13. The van der Waals surface area contributed by atoms with Crippen molar-refractivity contribution in [3.05, 3.63) is 0 Å². The van der Waals surface area contributed by atoms with Crippen LogP contribution in [-0.4, -0.2) is 10.9 Å². The fourth-order valence-corrected chi connectivity index (χ4v) is 1.30. The summed E-state index contributed by atoms with van der Waals surface area (Å²) in [4.78, 5) is 0.419. The highest BCUT2D eigenvalue weighted by molar-refractivity contribution is 9.09. The van der Waals surface area contributed by atoms with Gasteiger partial charge in [-0.3, -0.25) is 0 Å². The van der Waals surface area contributed by atoms with E-state index in [4.69, 9.17) is 5.26 Å². The molecule has 0 spiro atoms. The second-order valence-corrected chi connectivity index (χ2v) is 3.88. The van der Waals surface area contributed by atoms with Crippen LogP contribution in [0.25, 0.3) is 0 Å². The summed E-state index contributed by atoms with van der Waals surface area (Å²) in [5, 5.41) is 11.0. The maximum Gasteiger partial charge on any atom is 0.176 e. The van der Waals surface area contributed by atoms with Gasteiger partial charge in [0.25, 0.3) is 0 Å². The molecular formula is C8H15BrN2. The Kier molecular flexibility index (Phi) is 6.34. The normalized spacial score (nSPS) is 15.1. The van der Waals surface area contributed by atoms with E-state index < -0.39 is 0 Å². The van der Waals surface area contributed by atoms with Crippen LogP contribution in [0.3, 0.4) is 0 Å². The van der Waals surface area contributed by atoms with Crippen molar-refractivity contribution in [2.75, 3.05) is 0 Å². The number of hydrogen-bond donors (Lipinski definition) is 1. The second kappa shape index (κ2) is 6.48. The lowest BCUT2D eigenvalue weighted by Gasteiger charge is -2.15. The Morgan fingerprint density at radius 2 is 2.27 bits per heavy atom. The van der Waals surface area contributed by atoms with Crippen molar-refractivity contribution in [2.45, 2.75) is 44.0 Å². The Hall–Kier alpha value is -0.230. The SMILES string of the molecule is CCCC[C@@H](Br)[C@@H](C)NC#N. The van der Waals surface area contributed by atoms with Crippen LogP contribution in [0.1, 0.15) is 33.1 Å². The van der Waals surface area contributed by atoms with Crippen LogP contribution in [0.5, 0.6) is 0 Å². The number of nitriles is 1. The molecule has 0 aromatic carbocycles. The predicted octanol–water partition coefficient (Wildman–Crippen LogP) is 2.40. The summed E-state index contributed by atoms with van der Waals surface area (Å²) in [6.07, 6.45) is 5.50. The fourth-order valence-electron chi connectivity index (χ4n) is 0.841. The van der Waals surface area contributed by atoms with E-state index in [-0.39, 0.29) is 6.04 Å². The van der Waals surface area contributed by atoms with Gasteiger partial charge in [-0.1, -0.05) is 35.7 Å². The highest BCUT2D eigenvalue weighted by Gasteiger charge is 2.11. The van der Waals surface area contributed by atoms with Gasteiger partial charge in [-0.25, -0.2) is 0 Å². The molecule has 2 atom stereocenters. The van der Waals surface area contributed by atoms with Crippen molar-refractivity contribution in [3.63, 3.8) is 0 Å². The fraction of sp³-hybridized carbons (Fsp3) is 0.875. The van der Waals surface area contributed by atoms with Crippen molar-refractivity contribution in [1.29, 1.82) is 5.26 Å². The number of nitrogens with one attached hydrogen (secondary N) is 1. The monoisotopic (exact) mass is 218 g/mol. The molecule has 0 aliphatic carbocycles. The van der Waals surface area contributed by atoms with Crippen molar-refractivity contribution in [3.8, 4) is 6.19 Å². The molecule has 0 unspecified atom stereocenters. The molecule has 0 aliphatic heterocycles. The molecule has 0 heterocycles. The van der Waals surface area contributed by atoms with Gasteiger partial charge in [-0.05, 0) is 13.3 Å². The number of nitrogens with zero attached hydrogens (tertiary/aromatic N) is 1. The van der Waals surface area contributed by atoms with Crippen molar-refractivity contribution in [2.24, 2.45) is 0 Å². The summed E-state index contributed by atoms with van der Waals surface area (Å²) in [6.45, 7) is 4.18. The van der Waals surface area contributed by atoms with Gasteiger partial charge in [-0.15, -0.1) is 0 Å². The third-order valence-electron chi connectivity index (χ3n) is 1.67. The molecule has 0 aliphatic rings. The average molecular weight is 219 g/mol. The van der Waals surface area contributed by atoms with Crippen LogP contribution < -0.4 is 5.32 Å². The first-order valence-electron chi connectivity index (χ1n) is 4.01. The van der Waals surface area contributed by atoms with E-state index in [0.29, 0.717) is 4.83 Å². The minimum Gasteiger partial charge on any atom is -0.320 e. The maximum absolute atomic E-state index is 8.33. The minimum absolute atomic E-state index is 0.242. The molecule has 11 heavy (non-hydrogen) atoms. The first-order chi connectivity index (χ1) is 5.22. The van der Waals surface area contributed by atoms with E-state index in [1.807, 2.05) is 13.1 Å². The van der Waals surface area contributed by atoms with Crippen molar-refractivity contribution < 1.29 is 0 Å². The molecule has 0 rings (SSSR count). The van der Waals surface area contributed by atoms with Crippen LogP contribution in [0, 0.1) is 11.5 Å². The van der Waals surface area contributed by atoms with Gasteiger partial charge in [0.2, 0.25) is 0 Å². The van der Waals surface area contributed by atoms with Gasteiger partial charge < -0.3 is 5.32 Å². The summed E-state index contributed by atoms with van der Waals surface area (Å²) in [6, 6.07) is 0.242. The van der Waals surface area contributed by atoms with Gasteiger partial charge in [0, 0.05) is 10.9 Å². The third-order valence-corrected chi connectivity index (χ3v) is 2.92. The van der Waals surface area contributed by atoms with Gasteiger partial charge in [-0.2, -0.15) is 5.26 Å². The lowest BCUT2D eigenvalue weighted by atomic mass is 10.1. The van der Waals surface area contributed by atoms with Gasteiger partial charge in [0.15, 0.2) is 6.19 Å². The molecule has 0 fully saturated rings. The van der Waals surface area contributed by atoms with Gasteiger partial charge in [0.05, 0.1) is 0 Å². The van der Waals surface area contributed by atoms with E-state index in [2.05, 4.69) is 28.2 Å². The highest BCUT2D eigenvalue weighted by atomic mass is 79.9. The summed E-state index contributed by atoms with van der Waals surface area (Å²) in [5.74, 6) is 0. The summed E-state index contributed by atoms with van der Waals surface area (Å²) >= 11 is 3.53. The second-order valence-electron chi connectivity index (χ2n) is 2.70. The molecule has 0 saturated heterocycles. The summed E-state index contributed by atoms with van der Waals surface area (Å²) in [5.41, 5.74) is 0. The standard InChI is InChI=1S/C8H15BrN2/c1-3-4-5-8(9)7(2)11-6-10/h7-8,11H,3-5H2,1-2H3/t7-,8-/m1/s1. The Morgan fingerprint density at radius 3 is 2.73 bits per heavy atom. The molecular weight excluding hydrogens is 204 g/mol. The molecule has 0 aromatic rings. The third kappa shape index (κ3) is 5.09. The number of unbranched alkanes of at least 4 members (excludes halogenated alkanes) is 1. The smallest absolute Gasteiger partial charge is 0.176 e. The molecule has 0 saturated carbocycles. The van der Waals surface area contributed by atoms with Crippen molar-refractivity contribution in [1.82, 2.24) is 5.32 Å². The largest absolute Gasteiger partial charge is 0.320 e. The lowest BCUT2D eigenvalue weighted by molar-refractivity contribution is 0.568. The molecule has 2 nitrogen and oxygen atoms in total. The number of alkyl halides is 1. The quantitative estimate of drug-likeness (QED) is 0.437. The Morgan fingerprint density at radius 1 is 1.64 bits per heavy atom. The Labute approximate surface area is 77.1 Å². The predicted molar refractivity (Wildman–Crippen MR) is 50.5 cm³/mol. The number of hydrogen-bond acceptors (Lipinski definition) is 2. The zero-order chi connectivity index (χ0) is 8.69. The summed E-state index contributed by atoms with van der Waals surface area (Å²) < 4.78 is 0. The Bertz CT molecular complexity index is 131. The van der Waals surface area contributed by atoms with E-state index in [9.17, 15) is 0 Å². The lowest BCUT2D eigenvalue weighted by Crippen LogP contribution is -2.30. The topological polar surface area (TPSA) is 35.8 Å². The van der Waals surface area contributed by atoms with Gasteiger partial charge in [0.1, 0.15) is 0 Å². The van der Waals surface area contributed by atoms with Crippen LogP contribution >= 0.6 is 15.9 Å². The zero-order valence-corrected chi connectivity index (χ0v) is 8.69. The van der Waals surface area contributed by atoms with Gasteiger partial charge >= 0.3 is 0 Å². The molecule has 64 valence electrons. The first kappa shape index (κ1) is 10.8. The van der Waals surface area contributed by atoms with Crippen LogP contribution in [0.15, 0.2) is 0 Å².